The van der Waals surface area contributed by atoms with Gasteiger partial charge in [0.15, 0.2) is 11.5 Å². The topological polar surface area (TPSA) is 88.1 Å². The van der Waals surface area contributed by atoms with E-state index in [0.29, 0.717) is 24.6 Å². The molecule has 2 aliphatic heterocycles. The highest BCUT2D eigenvalue weighted by Crippen LogP contribution is 2.31. The van der Waals surface area contributed by atoms with Gasteiger partial charge in [0, 0.05) is 19.6 Å². The molecule has 7 nitrogen and oxygen atoms in total. The predicted octanol–water partition coefficient (Wildman–Crippen LogP) is 0.133. The molecular formula is C14H17ClN2O5. The van der Waals surface area contributed by atoms with Crippen LogP contribution >= 0.6 is 12.4 Å². The molecule has 8 heteroatoms. The number of ether oxygens (including phenoxy) is 2. The highest BCUT2D eigenvalue weighted by molar-refractivity contribution is 5.87. The molecule has 0 radical (unpaired) electrons. The van der Waals surface area contributed by atoms with Gasteiger partial charge in [-0.3, -0.25) is 4.79 Å². The van der Waals surface area contributed by atoms with Crippen molar-refractivity contribution in [2.24, 2.45) is 0 Å². The Hall–Kier alpha value is -1.99. The molecule has 0 spiro atoms. The van der Waals surface area contributed by atoms with E-state index in [0.717, 1.165) is 0 Å². The second-order valence-electron chi connectivity index (χ2n) is 4.95. The van der Waals surface area contributed by atoms with E-state index in [-0.39, 0.29) is 31.5 Å². The molecule has 2 N–H and O–H groups in total. The molecule has 2 unspecified atom stereocenters. The van der Waals surface area contributed by atoms with Crippen LogP contribution in [0.5, 0.6) is 11.5 Å². The zero-order valence-corrected chi connectivity index (χ0v) is 12.5. The Balaban J connectivity index is 0.00000176. The Labute approximate surface area is 133 Å². The Kier molecular flexibility index (Phi) is 5.10. The summed E-state index contributed by atoms with van der Waals surface area (Å²) in [5, 5.41) is 12.2. The summed E-state index contributed by atoms with van der Waals surface area (Å²) >= 11 is 0. The first-order valence-electron chi connectivity index (χ1n) is 6.79. The number of rotatable bonds is 2. The van der Waals surface area contributed by atoms with Crippen molar-refractivity contribution in [3.8, 4) is 11.5 Å². The lowest BCUT2D eigenvalue weighted by Gasteiger charge is -2.36. The molecule has 0 bridgehead atoms. The number of piperazine rings is 1. The minimum absolute atomic E-state index is 0. The van der Waals surface area contributed by atoms with E-state index in [1.54, 1.807) is 18.2 Å². The summed E-state index contributed by atoms with van der Waals surface area (Å²) in [5.41, 5.74) is 0. The third-order valence-corrected chi connectivity index (χ3v) is 3.60. The maximum absolute atomic E-state index is 12.5. The van der Waals surface area contributed by atoms with Crippen molar-refractivity contribution in [3.63, 3.8) is 0 Å². The van der Waals surface area contributed by atoms with Crippen molar-refractivity contribution in [2.75, 3.05) is 26.2 Å². The third-order valence-electron chi connectivity index (χ3n) is 3.60. The van der Waals surface area contributed by atoms with Crippen molar-refractivity contribution in [1.29, 1.82) is 0 Å². The zero-order valence-electron chi connectivity index (χ0n) is 11.7. The second-order valence-corrected chi connectivity index (χ2v) is 4.95. The van der Waals surface area contributed by atoms with Gasteiger partial charge in [0.05, 0.1) is 0 Å². The average molecular weight is 329 g/mol. The van der Waals surface area contributed by atoms with Crippen molar-refractivity contribution in [3.05, 3.63) is 24.3 Å². The summed E-state index contributed by atoms with van der Waals surface area (Å²) in [6, 6.07) is 6.23. The Bertz CT molecular complexity index is 568. The van der Waals surface area contributed by atoms with Gasteiger partial charge in [-0.1, -0.05) is 12.1 Å². The van der Waals surface area contributed by atoms with Gasteiger partial charge < -0.3 is 24.8 Å². The minimum Gasteiger partial charge on any atom is -0.485 e. The highest BCUT2D eigenvalue weighted by atomic mass is 35.5. The lowest BCUT2D eigenvalue weighted by atomic mass is 10.1. The molecule has 1 fully saturated rings. The molecule has 0 aromatic heterocycles. The molecule has 1 aromatic rings. The summed E-state index contributed by atoms with van der Waals surface area (Å²) < 4.78 is 11.2. The van der Waals surface area contributed by atoms with Gasteiger partial charge in [0.1, 0.15) is 12.6 Å². The van der Waals surface area contributed by atoms with Crippen LogP contribution in [0.1, 0.15) is 0 Å². The van der Waals surface area contributed by atoms with E-state index in [1.807, 2.05) is 6.07 Å². The largest absolute Gasteiger partial charge is 0.485 e. The predicted molar refractivity (Wildman–Crippen MR) is 79.6 cm³/mol. The number of carboxylic acid groups (broad SMARTS) is 1. The number of carboxylic acids is 1. The number of hydrogen-bond donors (Lipinski definition) is 2. The first-order chi connectivity index (χ1) is 10.2. The Morgan fingerprint density at radius 3 is 2.73 bits per heavy atom. The molecule has 0 aliphatic carbocycles. The van der Waals surface area contributed by atoms with Crippen LogP contribution in [0.3, 0.4) is 0 Å². The van der Waals surface area contributed by atoms with E-state index in [1.165, 1.54) is 4.90 Å². The number of halogens is 1. The van der Waals surface area contributed by atoms with Crippen molar-refractivity contribution in [2.45, 2.75) is 12.1 Å². The van der Waals surface area contributed by atoms with Crippen LogP contribution in [0.4, 0.5) is 0 Å². The van der Waals surface area contributed by atoms with Crippen LogP contribution in [-0.4, -0.2) is 60.3 Å². The number of carbonyl (C=O) groups is 2. The number of nitrogens with zero attached hydrogens (tertiary/aromatic N) is 1. The van der Waals surface area contributed by atoms with E-state index < -0.39 is 18.1 Å². The SMILES string of the molecule is Cl.O=C(O)C1CNCCN1C(=O)C1COc2ccccc2O1. The molecule has 0 saturated carbocycles. The van der Waals surface area contributed by atoms with Crippen LogP contribution in [0.2, 0.25) is 0 Å². The normalized spacial score (nSPS) is 23.4. The highest BCUT2D eigenvalue weighted by Gasteiger charge is 2.38. The van der Waals surface area contributed by atoms with Gasteiger partial charge in [-0.2, -0.15) is 0 Å². The quantitative estimate of drug-likeness (QED) is 0.802. The van der Waals surface area contributed by atoms with Gasteiger partial charge in [-0.05, 0) is 12.1 Å². The van der Waals surface area contributed by atoms with Gasteiger partial charge in [0.2, 0.25) is 6.10 Å². The number of para-hydroxylation sites is 2. The van der Waals surface area contributed by atoms with Crippen LogP contribution in [0.25, 0.3) is 0 Å². The molecule has 3 rings (SSSR count). The molecule has 2 heterocycles. The fourth-order valence-electron chi connectivity index (χ4n) is 2.51. The number of aliphatic carboxylic acids is 1. The number of carbonyl (C=O) groups excluding carboxylic acids is 1. The first kappa shape index (κ1) is 16.4. The van der Waals surface area contributed by atoms with Crippen molar-refractivity contribution in [1.82, 2.24) is 10.2 Å². The van der Waals surface area contributed by atoms with Crippen LogP contribution in [0.15, 0.2) is 24.3 Å². The lowest BCUT2D eigenvalue weighted by molar-refractivity contribution is -0.155. The number of hydrogen-bond acceptors (Lipinski definition) is 5. The van der Waals surface area contributed by atoms with E-state index in [2.05, 4.69) is 5.32 Å². The maximum Gasteiger partial charge on any atom is 0.327 e. The van der Waals surface area contributed by atoms with E-state index >= 15 is 0 Å². The van der Waals surface area contributed by atoms with E-state index in [9.17, 15) is 14.7 Å². The number of benzene rings is 1. The first-order valence-corrected chi connectivity index (χ1v) is 6.79. The van der Waals surface area contributed by atoms with Gasteiger partial charge in [-0.15, -0.1) is 12.4 Å². The minimum atomic E-state index is -1.02. The van der Waals surface area contributed by atoms with Gasteiger partial charge >= 0.3 is 5.97 Å². The molecule has 120 valence electrons. The number of nitrogens with one attached hydrogen (secondary N) is 1. The zero-order chi connectivity index (χ0) is 14.8. The fraction of sp³-hybridized carbons (Fsp3) is 0.429. The summed E-state index contributed by atoms with van der Waals surface area (Å²) in [5.74, 6) is -0.271. The third kappa shape index (κ3) is 3.10. The van der Waals surface area contributed by atoms with Crippen LogP contribution in [0, 0.1) is 0 Å². The average Bonchev–Trinajstić information content (AvgIpc) is 2.53. The standard InChI is InChI=1S/C14H16N2O5.ClH/c17-13(16-6-5-15-7-9(16)14(18)19)12-8-20-10-3-1-2-4-11(10)21-12;/h1-4,9,12,15H,5-8H2,(H,18,19);1H. The summed E-state index contributed by atoms with van der Waals surface area (Å²) in [6.45, 7) is 1.24. The molecule has 22 heavy (non-hydrogen) atoms. The second kappa shape index (κ2) is 6.85. The number of fused-ring (bicyclic) bond motifs is 1. The molecule has 1 saturated heterocycles. The van der Waals surface area contributed by atoms with E-state index in [4.69, 9.17) is 9.47 Å². The van der Waals surface area contributed by atoms with Crippen LogP contribution in [-0.2, 0) is 9.59 Å². The monoisotopic (exact) mass is 328 g/mol. The summed E-state index contributed by atoms with van der Waals surface area (Å²) in [6.07, 6.45) is -0.806. The summed E-state index contributed by atoms with van der Waals surface area (Å²) in [7, 11) is 0. The fourth-order valence-corrected chi connectivity index (χ4v) is 2.51. The van der Waals surface area contributed by atoms with Crippen LogP contribution < -0.4 is 14.8 Å². The molecule has 1 amide bonds. The lowest BCUT2D eigenvalue weighted by Crippen LogP contribution is -2.60. The summed E-state index contributed by atoms with van der Waals surface area (Å²) in [4.78, 5) is 25.1. The maximum atomic E-state index is 12.5. The Morgan fingerprint density at radius 2 is 2.00 bits per heavy atom. The van der Waals surface area contributed by atoms with Crippen molar-refractivity contribution < 1.29 is 24.2 Å². The van der Waals surface area contributed by atoms with Crippen molar-refractivity contribution >= 4 is 24.3 Å². The van der Waals surface area contributed by atoms with Gasteiger partial charge in [-0.25, -0.2) is 4.79 Å². The van der Waals surface area contributed by atoms with Gasteiger partial charge in [0.25, 0.3) is 5.91 Å². The smallest absolute Gasteiger partial charge is 0.327 e. The molecular weight excluding hydrogens is 312 g/mol. The Morgan fingerprint density at radius 1 is 1.27 bits per heavy atom. The number of amides is 1. The molecule has 2 aliphatic rings. The molecule has 1 aromatic carbocycles. The molecule has 2 atom stereocenters.